The number of hydrogen-bond donors (Lipinski definition) is 2. The van der Waals surface area contributed by atoms with Gasteiger partial charge in [-0.2, -0.15) is 5.10 Å². The SMILES string of the molecule is Cc1noc(C)c1CSc1ccccc1C(=O)NCc1cccc(NC(=O)Cn2cccn2)c1. The summed E-state index contributed by atoms with van der Waals surface area (Å²) in [5.41, 5.74) is 4.07. The normalized spacial score (nSPS) is 10.8. The second-order valence-corrected chi connectivity index (χ2v) is 8.74. The van der Waals surface area contributed by atoms with E-state index in [1.54, 1.807) is 34.9 Å². The number of carbonyl (C=O) groups is 2. The smallest absolute Gasteiger partial charge is 0.252 e. The Morgan fingerprint density at radius 2 is 1.94 bits per heavy atom. The van der Waals surface area contributed by atoms with Crippen molar-refractivity contribution in [3.05, 3.63) is 95.1 Å². The summed E-state index contributed by atoms with van der Waals surface area (Å²) in [4.78, 5) is 26.0. The van der Waals surface area contributed by atoms with Crippen molar-refractivity contribution in [1.82, 2.24) is 20.3 Å². The van der Waals surface area contributed by atoms with Gasteiger partial charge in [-0.3, -0.25) is 14.3 Å². The van der Waals surface area contributed by atoms with Crippen LogP contribution in [0.4, 0.5) is 5.69 Å². The third-order valence-corrected chi connectivity index (χ3v) is 6.31. The van der Waals surface area contributed by atoms with Crippen LogP contribution in [0.15, 0.2) is 76.4 Å². The molecule has 2 aromatic heterocycles. The Kier molecular flexibility index (Phi) is 7.44. The van der Waals surface area contributed by atoms with Crippen molar-refractivity contribution in [1.29, 1.82) is 0 Å². The third-order valence-electron chi connectivity index (χ3n) is 5.21. The molecule has 0 unspecified atom stereocenters. The van der Waals surface area contributed by atoms with E-state index in [-0.39, 0.29) is 18.4 Å². The van der Waals surface area contributed by atoms with E-state index in [0.717, 1.165) is 27.5 Å². The van der Waals surface area contributed by atoms with Gasteiger partial charge in [-0.1, -0.05) is 29.4 Å². The average Bonchev–Trinajstić information content (AvgIpc) is 3.46. The fourth-order valence-electron chi connectivity index (χ4n) is 3.42. The predicted octanol–water partition coefficient (Wildman–Crippen LogP) is 4.35. The van der Waals surface area contributed by atoms with E-state index in [4.69, 9.17) is 4.52 Å². The number of aromatic nitrogens is 3. The van der Waals surface area contributed by atoms with E-state index in [0.29, 0.717) is 23.5 Å². The van der Waals surface area contributed by atoms with Gasteiger partial charge < -0.3 is 15.2 Å². The fourth-order valence-corrected chi connectivity index (χ4v) is 4.62. The van der Waals surface area contributed by atoms with Crippen molar-refractivity contribution in [2.45, 2.75) is 37.6 Å². The highest BCUT2D eigenvalue weighted by Crippen LogP contribution is 2.28. The lowest BCUT2D eigenvalue weighted by atomic mass is 10.1. The van der Waals surface area contributed by atoms with Gasteiger partial charge in [0.25, 0.3) is 5.91 Å². The molecule has 2 N–H and O–H groups in total. The Bertz CT molecular complexity index is 1260. The predicted molar refractivity (Wildman–Crippen MR) is 130 cm³/mol. The molecule has 0 atom stereocenters. The Balaban J connectivity index is 1.36. The standard InChI is InChI=1S/C25H25N5O3S/c1-17-22(18(2)33-29-17)16-34-23-10-4-3-9-21(23)25(32)26-14-19-7-5-8-20(13-19)28-24(31)15-30-12-6-11-27-30/h3-13H,14-16H2,1-2H3,(H,26,32)(H,28,31). The van der Waals surface area contributed by atoms with Gasteiger partial charge in [-0.15, -0.1) is 11.8 Å². The van der Waals surface area contributed by atoms with Crippen LogP contribution >= 0.6 is 11.8 Å². The molecule has 0 aliphatic heterocycles. The fraction of sp³-hybridized carbons (Fsp3) is 0.200. The maximum Gasteiger partial charge on any atom is 0.252 e. The molecular weight excluding hydrogens is 450 g/mol. The van der Waals surface area contributed by atoms with Gasteiger partial charge in [0.15, 0.2) is 0 Å². The number of nitrogens with zero attached hydrogens (tertiary/aromatic N) is 3. The van der Waals surface area contributed by atoms with Gasteiger partial charge >= 0.3 is 0 Å². The lowest BCUT2D eigenvalue weighted by Crippen LogP contribution is -2.23. The van der Waals surface area contributed by atoms with Crippen LogP contribution in [-0.2, 0) is 23.6 Å². The minimum Gasteiger partial charge on any atom is -0.361 e. The van der Waals surface area contributed by atoms with Crippen molar-refractivity contribution in [2.24, 2.45) is 0 Å². The van der Waals surface area contributed by atoms with E-state index in [9.17, 15) is 9.59 Å². The summed E-state index contributed by atoms with van der Waals surface area (Å²) in [6, 6.07) is 16.7. The maximum absolute atomic E-state index is 12.9. The van der Waals surface area contributed by atoms with Crippen molar-refractivity contribution in [2.75, 3.05) is 5.32 Å². The molecule has 0 bridgehead atoms. The minimum atomic E-state index is -0.172. The van der Waals surface area contributed by atoms with Gasteiger partial charge in [-0.05, 0) is 49.7 Å². The van der Waals surface area contributed by atoms with Crippen LogP contribution in [0.1, 0.15) is 32.9 Å². The zero-order chi connectivity index (χ0) is 23.9. The van der Waals surface area contributed by atoms with Gasteiger partial charge in [-0.25, -0.2) is 0 Å². The number of amides is 2. The zero-order valence-electron chi connectivity index (χ0n) is 18.9. The number of rotatable bonds is 9. The lowest BCUT2D eigenvalue weighted by Gasteiger charge is -2.11. The molecule has 174 valence electrons. The molecule has 2 amide bonds. The first-order valence-corrected chi connectivity index (χ1v) is 11.8. The zero-order valence-corrected chi connectivity index (χ0v) is 19.8. The summed E-state index contributed by atoms with van der Waals surface area (Å²) in [6.45, 7) is 4.28. The Labute approximate surface area is 201 Å². The molecule has 0 fully saturated rings. The van der Waals surface area contributed by atoms with Crippen molar-refractivity contribution >= 4 is 29.3 Å². The largest absolute Gasteiger partial charge is 0.361 e. The molecular formula is C25H25N5O3S. The summed E-state index contributed by atoms with van der Waals surface area (Å²) in [7, 11) is 0. The minimum absolute atomic E-state index is 0.135. The molecule has 0 aliphatic carbocycles. The van der Waals surface area contributed by atoms with Crippen molar-refractivity contribution < 1.29 is 14.1 Å². The van der Waals surface area contributed by atoms with Crippen LogP contribution in [0.25, 0.3) is 0 Å². The van der Waals surface area contributed by atoms with Crippen molar-refractivity contribution in [3.8, 4) is 0 Å². The number of hydrogen-bond acceptors (Lipinski definition) is 6. The highest BCUT2D eigenvalue weighted by atomic mass is 32.2. The Morgan fingerprint density at radius 3 is 2.71 bits per heavy atom. The average molecular weight is 476 g/mol. The van der Waals surface area contributed by atoms with Crippen LogP contribution in [0.3, 0.4) is 0 Å². The molecule has 0 spiro atoms. The van der Waals surface area contributed by atoms with Crippen LogP contribution in [0.2, 0.25) is 0 Å². The first-order valence-electron chi connectivity index (χ1n) is 10.8. The Morgan fingerprint density at radius 1 is 1.09 bits per heavy atom. The number of nitrogens with one attached hydrogen (secondary N) is 2. The van der Waals surface area contributed by atoms with Crippen LogP contribution in [-0.4, -0.2) is 26.8 Å². The third kappa shape index (κ3) is 5.93. The second-order valence-electron chi connectivity index (χ2n) is 7.72. The van der Waals surface area contributed by atoms with Crippen LogP contribution < -0.4 is 10.6 Å². The van der Waals surface area contributed by atoms with Crippen molar-refractivity contribution in [3.63, 3.8) is 0 Å². The van der Waals surface area contributed by atoms with Gasteiger partial charge in [0.2, 0.25) is 5.91 Å². The topological polar surface area (TPSA) is 102 Å². The summed E-state index contributed by atoms with van der Waals surface area (Å²) in [6.07, 6.45) is 3.36. The number of benzene rings is 2. The number of thioether (sulfide) groups is 1. The molecule has 34 heavy (non-hydrogen) atoms. The second kappa shape index (κ2) is 10.8. The molecule has 4 aromatic rings. The monoisotopic (exact) mass is 475 g/mol. The molecule has 0 aliphatic rings. The molecule has 8 nitrogen and oxygen atoms in total. The van der Waals surface area contributed by atoms with Crippen LogP contribution in [0, 0.1) is 13.8 Å². The van der Waals surface area contributed by atoms with E-state index in [1.807, 2.05) is 62.4 Å². The molecule has 2 aromatic carbocycles. The summed E-state index contributed by atoms with van der Waals surface area (Å²) in [5, 5.41) is 13.9. The number of aryl methyl sites for hydroxylation is 2. The van der Waals surface area contributed by atoms with Gasteiger partial charge in [0.05, 0.1) is 11.3 Å². The molecule has 0 saturated carbocycles. The summed E-state index contributed by atoms with van der Waals surface area (Å²) >= 11 is 1.58. The van der Waals surface area contributed by atoms with E-state index < -0.39 is 0 Å². The molecule has 0 radical (unpaired) electrons. The quantitative estimate of drug-likeness (QED) is 0.349. The molecule has 4 rings (SSSR count). The lowest BCUT2D eigenvalue weighted by molar-refractivity contribution is -0.116. The first-order chi connectivity index (χ1) is 16.5. The summed E-state index contributed by atoms with van der Waals surface area (Å²) < 4.78 is 6.79. The highest BCUT2D eigenvalue weighted by molar-refractivity contribution is 7.98. The highest BCUT2D eigenvalue weighted by Gasteiger charge is 2.14. The van der Waals surface area contributed by atoms with E-state index >= 15 is 0 Å². The molecule has 2 heterocycles. The molecule has 9 heteroatoms. The Hall–Kier alpha value is -3.85. The molecule has 0 saturated heterocycles. The van der Waals surface area contributed by atoms with E-state index in [1.165, 1.54) is 0 Å². The summed E-state index contributed by atoms with van der Waals surface area (Å²) in [5.74, 6) is 1.14. The van der Waals surface area contributed by atoms with Crippen LogP contribution in [0.5, 0.6) is 0 Å². The van der Waals surface area contributed by atoms with Gasteiger partial charge in [0.1, 0.15) is 12.3 Å². The first kappa shape index (κ1) is 23.3. The maximum atomic E-state index is 12.9. The number of carbonyl (C=O) groups excluding carboxylic acids is 2. The number of anilines is 1. The van der Waals surface area contributed by atoms with Gasteiger partial charge in [0, 0.05) is 40.8 Å². The van der Waals surface area contributed by atoms with E-state index in [2.05, 4.69) is 20.9 Å².